The molecule has 1 amide bonds. The van der Waals surface area contributed by atoms with Crippen LogP contribution in [0.4, 0.5) is 0 Å². The number of carbonyl (C=O) groups excluding carboxylic acids is 3. The first-order valence-corrected chi connectivity index (χ1v) is 9.72. The van der Waals surface area contributed by atoms with Crippen LogP contribution in [0.2, 0.25) is 0 Å². The fourth-order valence-electron chi connectivity index (χ4n) is 3.02. The molecule has 2 rings (SSSR count). The summed E-state index contributed by atoms with van der Waals surface area (Å²) in [5, 5.41) is 7.28. The van der Waals surface area contributed by atoms with Crippen LogP contribution in [0, 0.1) is 13.8 Å². The van der Waals surface area contributed by atoms with E-state index in [9.17, 15) is 14.4 Å². The summed E-state index contributed by atoms with van der Waals surface area (Å²) in [5.41, 5.74) is 3.49. The van der Waals surface area contributed by atoms with Gasteiger partial charge in [-0.25, -0.2) is 9.48 Å². The van der Waals surface area contributed by atoms with Crippen LogP contribution in [-0.2, 0) is 25.5 Å². The topological polar surface area (TPSA) is 99.5 Å². The number of aromatic nitrogens is 2. The minimum Gasteiger partial charge on any atom is -0.469 e. The quantitative estimate of drug-likeness (QED) is 0.698. The van der Waals surface area contributed by atoms with E-state index in [0.29, 0.717) is 12.0 Å². The Labute approximate surface area is 176 Å². The third-order valence-electron chi connectivity index (χ3n) is 4.44. The lowest BCUT2D eigenvalue weighted by Crippen LogP contribution is -2.42. The lowest BCUT2D eigenvalue weighted by molar-refractivity contribution is -0.140. The van der Waals surface area contributed by atoms with E-state index >= 15 is 0 Å². The van der Waals surface area contributed by atoms with Gasteiger partial charge in [0.15, 0.2) is 6.61 Å². The molecule has 0 radical (unpaired) electrons. The first-order valence-electron chi connectivity index (χ1n) is 9.72. The standard InChI is InChI=1S/C22H29N3O5/c1-14-18(11-12-20(27)29-6)15(2)25(24-14)17-9-7-16(8-10-17)21(28)30-13-19(26)23-22(3,4)5/h7-10H,11-13H2,1-6H3,(H,23,26). The molecule has 1 aromatic heterocycles. The summed E-state index contributed by atoms with van der Waals surface area (Å²) in [4.78, 5) is 35.4. The zero-order valence-electron chi connectivity index (χ0n) is 18.4. The molecule has 0 unspecified atom stereocenters. The maximum absolute atomic E-state index is 12.2. The highest BCUT2D eigenvalue weighted by Crippen LogP contribution is 2.20. The largest absolute Gasteiger partial charge is 0.469 e. The molecular weight excluding hydrogens is 386 g/mol. The van der Waals surface area contributed by atoms with Crippen molar-refractivity contribution in [2.75, 3.05) is 13.7 Å². The Hall–Kier alpha value is -3.16. The summed E-state index contributed by atoms with van der Waals surface area (Å²) in [6, 6.07) is 6.78. The monoisotopic (exact) mass is 415 g/mol. The van der Waals surface area contributed by atoms with Crippen LogP contribution in [0.25, 0.3) is 5.69 Å². The Morgan fingerprint density at radius 1 is 1.10 bits per heavy atom. The predicted octanol–water partition coefficient (Wildman–Crippen LogP) is 2.67. The number of rotatable bonds is 7. The van der Waals surface area contributed by atoms with Crippen LogP contribution in [0.5, 0.6) is 0 Å². The highest BCUT2D eigenvalue weighted by Gasteiger charge is 2.17. The van der Waals surface area contributed by atoms with Gasteiger partial charge in [0.25, 0.3) is 5.91 Å². The summed E-state index contributed by atoms with van der Waals surface area (Å²) in [5.74, 6) is -1.19. The highest BCUT2D eigenvalue weighted by molar-refractivity contribution is 5.91. The molecule has 1 heterocycles. The minimum atomic E-state index is -0.572. The molecule has 8 nitrogen and oxygen atoms in total. The second kappa shape index (κ2) is 9.56. The lowest BCUT2D eigenvalue weighted by Gasteiger charge is -2.20. The Morgan fingerprint density at radius 2 is 1.73 bits per heavy atom. The van der Waals surface area contributed by atoms with Gasteiger partial charge >= 0.3 is 11.9 Å². The average molecular weight is 415 g/mol. The van der Waals surface area contributed by atoms with Crippen molar-refractivity contribution >= 4 is 17.8 Å². The van der Waals surface area contributed by atoms with Crippen LogP contribution < -0.4 is 5.32 Å². The van der Waals surface area contributed by atoms with E-state index in [1.165, 1.54) is 7.11 Å². The van der Waals surface area contributed by atoms with Gasteiger partial charge in [0.2, 0.25) is 0 Å². The first kappa shape index (κ1) is 23.1. The number of nitrogens with zero attached hydrogens (tertiary/aromatic N) is 2. The van der Waals surface area contributed by atoms with E-state index in [0.717, 1.165) is 22.6 Å². The number of benzene rings is 1. The van der Waals surface area contributed by atoms with Gasteiger partial charge in [-0.15, -0.1) is 0 Å². The molecule has 0 bridgehead atoms. The number of nitrogens with one attached hydrogen (secondary N) is 1. The van der Waals surface area contributed by atoms with E-state index in [-0.39, 0.29) is 30.4 Å². The number of methoxy groups -OCH3 is 1. The van der Waals surface area contributed by atoms with Crippen LogP contribution in [0.15, 0.2) is 24.3 Å². The summed E-state index contributed by atoms with van der Waals surface area (Å²) in [7, 11) is 1.37. The van der Waals surface area contributed by atoms with Gasteiger partial charge in [-0.2, -0.15) is 5.10 Å². The van der Waals surface area contributed by atoms with Crippen molar-refractivity contribution in [2.45, 2.75) is 53.0 Å². The van der Waals surface area contributed by atoms with E-state index in [4.69, 9.17) is 9.47 Å². The molecule has 0 saturated heterocycles. The molecular formula is C22H29N3O5. The molecule has 162 valence electrons. The Morgan fingerprint density at radius 3 is 2.30 bits per heavy atom. The second-order valence-corrected chi connectivity index (χ2v) is 8.06. The Kier molecular flexibility index (Phi) is 7.37. The number of ether oxygens (including phenoxy) is 2. The highest BCUT2D eigenvalue weighted by atomic mass is 16.5. The maximum atomic E-state index is 12.2. The molecule has 2 aromatic rings. The number of amides is 1. The average Bonchev–Trinajstić information content (AvgIpc) is 2.96. The SMILES string of the molecule is COC(=O)CCc1c(C)nn(-c2ccc(C(=O)OCC(=O)NC(C)(C)C)cc2)c1C. The van der Waals surface area contributed by atoms with Gasteiger partial charge in [-0.05, 0) is 70.9 Å². The van der Waals surface area contributed by atoms with Gasteiger partial charge in [0, 0.05) is 17.7 Å². The van der Waals surface area contributed by atoms with Crippen molar-refractivity contribution < 1.29 is 23.9 Å². The summed E-state index contributed by atoms with van der Waals surface area (Å²) < 4.78 is 11.5. The van der Waals surface area contributed by atoms with Gasteiger partial charge in [0.1, 0.15) is 0 Å². The number of carbonyl (C=O) groups is 3. The van der Waals surface area contributed by atoms with Crippen LogP contribution in [-0.4, -0.2) is 46.9 Å². The Balaban J connectivity index is 2.06. The van der Waals surface area contributed by atoms with Gasteiger partial charge in [0.05, 0.1) is 24.1 Å². The number of esters is 2. The van der Waals surface area contributed by atoms with Crippen LogP contribution in [0.3, 0.4) is 0 Å². The van der Waals surface area contributed by atoms with Crippen LogP contribution in [0.1, 0.15) is 54.5 Å². The second-order valence-electron chi connectivity index (χ2n) is 8.06. The Bertz CT molecular complexity index is 923. The smallest absolute Gasteiger partial charge is 0.338 e. The molecule has 0 spiro atoms. The van der Waals surface area contributed by atoms with Crippen molar-refractivity contribution in [2.24, 2.45) is 0 Å². The molecule has 0 aliphatic rings. The third-order valence-corrected chi connectivity index (χ3v) is 4.44. The molecule has 0 aliphatic carbocycles. The fraction of sp³-hybridized carbons (Fsp3) is 0.455. The molecule has 8 heteroatoms. The molecule has 30 heavy (non-hydrogen) atoms. The number of hydrogen-bond acceptors (Lipinski definition) is 6. The third kappa shape index (κ3) is 6.17. The molecule has 0 atom stereocenters. The van der Waals surface area contributed by atoms with E-state index < -0.39 is 5.97 Å². The zero-order valence-corrected chi connectivity index (χ0v) is 18.4. The predicted molar refractivity (Wildman–Crippen MR) is 112 cm³/mol. The maximum Gasteiger partial charge on any atom is 0.338 e. The van der Waals surface area contributed by atoms with Crippen LogP contribution >= 0.6 is 0 Å². The van der Waals surface area contributed by atoms with Crippen molar-refractivity contribution in [1.82, 2.24) is 15.1 Å². The number of hydrogen-bond donors (Lipinski definition) is 1. The first-order chi connectivity index (χ1) is 14.0. The molecule has 1 N–H and O–H groups in total. The molecule has 0 aliphatic heterocycles. The van der Waals surface area contributed by atoms with E-state index in [1.54, 1.807) is 28.9 Å². The van der Waals surface area contributed by atoms with Crippen molar-refractivity contribution in [3.8, 4) is 5.69 Å². The van der Waals surface area contributed by atoms with Gasteiger partial charge in [-0.3, -0.25) is 9.59 Å². The lowest BCUT2D eigenvalue weighted by atomic mass is 10.1. The van der Waals surface area contributed by atoms with E-state index in [1.807, 2.05) is 34.6 Å². The van der Waals surface area contributed by atoms with Crippen molar-refractivity contribution in [1.29, 1.82) is 0 Å². The van der Waals surface area contributed by atoms with Gasteiger partial charge in [-0.1, -0.05) is 0 Å². The summed E-state index contributed by atoms with van der Waals surface area (Å²) in [6.45, 7) is 9.05. The molecule has 0 saturated carbocycles. The summed E-state index contributed by atoms with van der Waals surface area (Å²) >= 11 is 0. The van der Waals surface area contributed by atoms with Crippen molar-refractivity contribution in [3.63, 3.8) is 0 Å². The minimum absolute atomic E-state index is 0.263. The molecule has 0 fully saturated rings. The van der Waals surface area contributed by atoms with Crippen molar-refractivity contribution in [3.05, 3.63) is 46.8 Å². The summed E-state index contributed by atoms with van der Waals surface area (Å²) in [6.07, 6.45) is 0.836. The fourth-order valence-corrected chi connectivity index (χ4v) is 3.02. The zero-order chi connectivity index (χ0) is 22.5. The number of aryl methyl sites for hydroxylation is 1. The van der Waals surface area contributed by atoms with E-state index in [2.05, 4.69) is 10.4 Å². The molecule has 1 aromatic carbocycles. The normalized spacial score (nSPS) is 11.1. The van der Waals surface area contributed by atoms with Gasteiger partial charge < -0.3 is 14.8 Å².